The van der Waals surface area contributed by atoms with Crippen molar-refractivity contribution < 1.29 is 0 Å². The molecule has 1 atom stereocenters. The van der Waals surface area contributed by atoms with E-state index in [1.165, 1.54) is 5.52 Å². The third-order valence-corrected chi connectivity index (χ3v) is 3.29. The van der Waals surface area contributed by atoms with Crippen LogP contribution in [0.5, 0.6) is 0 Å². The topological polar surface area (TPSA) is 29.9 Å². The van der Waals surface area contributed by atoms with Crippen molar-refractivity contribution in [3.05, 3.63) is 30.1 Å². The Balaban J connectivity index is 2.12. The predicted molar refractivity (Wildman–Crippen MR) is 75.1 cm³/mol. The van der Waals surface area contributed by atoms with Crippen LogP contribution in [0.3, 0.4) is 0 Å². The first-order chi connectivity index (χ1) is 8.76. The molecule has 1 aromatic carbocycles. The fourth-order valence-electron chi connectivity index (χ4n) is 2.09. The first-order valence-corrected chi connectivity index (χ1v) is 6.33. The molecular formula is C15H19N3. The summed E-state index contributed by atoms with van der Waals surface area (Å²) >= 11 is 0. The second-order valence-electron chi connectivity index (χ2n) is 4.47. The molecule has 1 aromatic heterocycles. The van der Waals surface area contributed by atoms with Crippen LogP contribution < -0.4 is 5.32 Å². The summed E-state index contributed by atoms with van der Waals surface area (Å²) < 4.78 is 2.13. The predicted octanol–water partition coefficient (Wildman–Crippen LogP) is 2.46. The van der Waals surface area contributed by atoms with Crippen molar-refractivity contribution in [2.45, 2.75) is 32.4 Å². The van der Waals surface area contributed by atoms with Crippen molar-refractivity contribution in [3.63, 3.8) is 0 Å². The molecule has 0 fully saturated rings. The molecule has 0 aliphatic heterocycles. The highest BCUT2D eigenvalue weighted by Gasteiger charge is 2.09. The molecule has 1 heterocycles. The normalized spacial score (nSPS) is 12.5. The molecule has 0 amide bonds. The van der Waals surface area contributed by atoms with E-state index in [2.05, 4.69) is 40.8 Å². The first kappa shape index (κ1) is 12.7. The Bertz CT molecular complexity index is 563. The van der Waals surface area contributed by atoms with E-state index >= 15 is 0 Å². The van der Waals surface area contributed by atoms with E-state index in [1.807, 2.05) is 18.2 Å². The number of rotatable bonds is 5. The number of aromatic nitrogens is 2. The number of hydrogen-bond acceptors (Lipinski definition) is 2. The van der Waals surface area contributed by atoms with E-state index in [1.54, 1.807) is 0 Å². The van der Waals surface area contributed by atoms with Gasteiger partial charge in [0, 0.05) is 19.5 Å². The molecule has 0 aliphatic rings. The lowest BCUT2D eigenvalue weighted by Gasteiger charge is -2.13. The number of nitrogens with zero attached hydrogens (tertiary/aromatic N) is 2. The van der Waals surface area contributed by atoms with Crippen molar-refractivity contribution in [1.82, 2.24) is 14.9 Å². The van der Waals surface area contributed by atoms with Crippen molar-refractivity contribution in [3.8, 4) is 12.3 Å². The van der Waals surface area contributed by atoms with Crippen LogP contribution in [0.15, 0.2) is 24.3 Å². The van der Waals surface area contributed by atoms with E-state index in [0.717, 1.165) is 30.7 Å². The van der Waals surface area contributed by atoms with Gasteiger partial charge in [0.25, 0.3) is 0 Å². The van der Waals surface area contributed by atoms with Gasteiger partial charge in [-0.25, -0.2) is 4.98 Å². The fraction of sp³-hybridized carbons (Fsp3) is 0.400. The Hall–Kier alpha value is -1.79. The molecule has 0 spiro atoms. The molecule has 1 N–H and O–H groups in total. The number of hydrogen-bond donors (Lipinski definition) is 1. The van der Waals surface area contributed by atoms with Gasteiger partial charge in [-0.3, -0.25) is 0 Å². The van der Waals surface area contributed by atoms with Crippen LogP contribution in [0, 0.1) is 12.3 Å². The average molecular weight is 241 g/mol. The second-order valence-corrected chi connectivity index (χ2v) is 4.47. The number of benzene rings is 1. The lowest BCUT2D eigenvalue weighted by Crippen LogP contribution is -2.28. The second kappa shape index (κ2) is 5.70. The van der Waals surface area contributed by atoms with Crippen LogP contribution in [0.1, 0.15) is 25.6 Å². The average Bonchev–Trinajstić information content (AvgIpc) is 2.72. The summed E-state index contributed by atoms with van der Waals surface area (Å²) in [5, 5.41) is 3.46. The molecule has 94 valence electrons. The zero-order chi connectivity index (χ0) is 13.0. The molecular weight excluding hydrogens is 222 g/mol. The maximum absolute atomic E-state index is 5.35. The number of imidazole rings is 1. The van der Waals surface area contributed by atoms with Crippen molar-refractivity contribution in [2.75, 3.05) is 0 Å². The Labute approximate surface area is 108 Å². The minimum Gasteiger partial charge on any atom is -0.330 e. The van der Waals surface area contributed by atoms with E-state index < -0.39 is 0 Å². The lowest BCUT2D eigenvalue weighted by atomic mass is 10.1. The maximum Gasteiger partial charge on any atom is 0.123 e. The Morgan fingerprint density at radius 1 is 1.44 bits per heavy atom. The van der Waals surface area contributed by atoms with Crippen LogP contribution in [0.25, 0.3) is 11.0 Å². The van der Waals surface area contributed by atoms with Crippen LogP contribution >= 0.6 is 0 Å². The molecule has 0 saturated heterocycles. The van der Waals surface area contributed by atoms with Gasteiger partial charge in [-0.2, -0.15) is 0 Å². The van der Waals surface area contributed by atoms with Gasteiger partial charge in [0.2, 0.25) is 0 Å². The molecule has 2 aromatic rings. The summed E-state index contributed by atoms with van der Waals surface area (Å²) in [6.45, 7) is 2.90. The molecule has 3 heteroatoms. The van der Waals surface area contributed by atoms with E-state index in [4.69, 9.17) is 6.42 Å². The van der Waals surface area contributed by atoms with Gasteiger partial charge < -0.3 is 9.88 Å². The molecule has 0 saturated carbocycles. The lowest BCUT2D eigenvalue weighted by molar-refractivity contribution is 0.493. The molecule has 0 bridgehead atoms. The third-order valence-electron chi connectivity index (χ3n) is 3.29. The van der Waals surface area contributed by atoms with Crippen molar-refractivity contribution >= 4 is 11.0 Å². The number of para-hydroxylation sites is 2. The van der Waals surface area contributed by atoms with Gasteiger partial charge in [0.1, 0.15) is 5.82 Å². The fourth-order valence-corrected chi connectivity index (χ4v) is 2.09. The van der Waals surface area contributed by atoms with Gasteiger partial charge in [-0.1, -0.05) is 19.1 Å². The summed E-state index contributed by atoms with van der Waals surface area (Å²) in [5.41, 5.74) is 2.21. The SMILES string of the molecule is C#CCC(CC)NCc1nc2ccccc2n1C. The molecule has 3 nitrogen and oxygen atoms in total. The maximum atomic E-state index is 5.35. The Morgan fingerprint density at radius 2 is 2.22 bits per heavy atom. The zero-order valence-corrected chi connectivity index (χ0v) is 11.0. The number of fused-ring (bicyclic) bond motifs is 1. The minimum absolute atomic E-state index is 0.370. The quantitative estimate of drug-likeness (QED) is 0.815. The summed E-state index contributed by atoms with van der Waals surface area (Å²) in [6, 6.07) is 8.55. The number of aryl methyl sites for hydroxylation is 1. The Morgan fingerprint density at radius 3 is 2.89 bits per heavy atom. The van der Waals surface area contributed by atoms with Crippen molar-refractivity contribution in [1.29, 1.82) is 0 Å². The van der Waals surface area contributed by atoms with E-state index in [0.29, 0.717) is 6.04 Å². The van der Waals surface area contributed by atoms with Crippen LogP contribution in [0.4, 0.5) is 0 Å². The molecule has 1 unspecified atom stereocenters. The van der Waals surface area contributed by atoms with Gasteiger partial charge in [0.05, 0.1) is 17.6 Å². The summed E-state index contributed by atoms with van der Waals surface area (Å²) in [6.07, 6.45) is 7.15. The molecule has 0 aliphatic carbocycles. The smallest absolute Gasteiger partial charge is 0.123 e. The van der Waals surface area contributed by atoms with Gasteiger partial charge >= 0.3 is 0 Å². The summed E-state index contributed by atoms with van der Waals surface area (Å²) in [7, 11) is 2.05. The molecule has 2 rings (SSSR count). The third kappa shape index (κ3) is 2.55. The van der Waals surface area contributed by atoms with E-state index in [9.17, 15) is 0 Å². The molecule has 18 heavy (non-hydrogen) atoms. The number of terminal acetylenes is 1. The standard InChI is InChI=1S/C15H19N3/c1-4-8-12(5-2)16-11-15-17-13-9-6-7-10-14(13)18(15)3/h1,6-7,9-10,12,16H,5,8,11H2,2-3H3. The van der Waals surface area contributed by atoms with Crippen LogP contribution in [-0.4, -0.2) is 15.6 Å². The highest BCUT2D eigenvalue weighted by molar-refractivity contribution is 5.75. The van der Waals surface area contributed by atoms with Gasteiger partial charge in [-0.15, -0.1) is 12.3 Å². The minimum atomic E-state index is 0.370. The zero-order valence-electron chi connectivity index (χ0n) is 11.0. The summed E-state index contributed by atoms with van der Waals surface area (Å²) in [4.78, 5) is 4.63. The number of nitrogens with one attached hydrogen (secondary N) is 1. The van der Waals surface area contributed by atoms with Gasteiger partial charge in [-0.05, 0) is 18.6 Å². The largest absolute Gasteiger partial charge is 0.330 e. The highest BCUT2D eigenvalue weighted by Crippen LogP contribution is 2.14. The van der Waals surface area contributed by atoms with Crippen LogP contribution in [0.2, 0.25) is 0 Å². The van der Waals surface area contributed by atoms with Gasteiger partial charge in [0.15, 0.2) is 0 Å². The first-order valence-electron chi connectivity index (χ1n) is 6.33. The monoisotopic (exact) mass is 241 g/mol. The Kier molecular flexibility index (Phi) is 4.01. The molecule has 0 radical (unpaired) electrons. The summed E-state index contributed by atoms with van der Waals surface area (Å²) in [5.74, 6) is 3.75. The van der Waals surface area contributed by atoms with E-state index in [-0.39, 0.29) is 0 Å². The highest BCUT2D eigenvalue weighted by atomic mass is 15.1. The van der Waals surface area contributed by atoms with Crippen LogP contribution in [-0.2, 0) is 13.6 Å². The van der Waals surface area contributed by atoms with Crippen molar-refractivity contribution in [2.24, 2.45) is 7.05 Å².